The van der Waals surface area contributed by atoms with Crippen molar-refractivity contribution in [1.29, 1.82) is 0 Å². The molecule has 0 bridgehead atoms. The van der Waals surface area contributed by atoms with Gasteiger partial charge in [-0.3, -0.25) is 9.59 Å². The van der Waals surface area contributed by atoms with Crippen LogP contribution in [0.5, 0.6) is 0 Å². The summed E-state index contributed by atoms with van der Waals surface area (Å²) in [5.41, 5.74) is 2.85. The summed E-state index contributed by atoms with van der Waals surface area (Å²) in [5.74, 6) is 0.0761. The molecule has 0 spiro atoms. The quantitative estimate of drug-likeness (QED) is 0.525. The molecule has 1 aromatic heterocycles. The van der Waals surface area contributed by atoms with E-state index in [4.69, 9.17) is 0 Å². The number of rotatable bonds is 5. The molecular formula is C25H23N3O2. The summed E-state index contributed by atoms with van der Waals surface area (Å²) in [7, 11) is 0. The van der Waals surface area contributed by atoms with Crippen molar-refractivity contribution in [3.8, 4) is 0 Å². The zero-order valence-corrected chi connectivity index (χ0v) is 17.0. The fraction of sp³-hybridized carbons (Fsp3) is 0.160. The minimum Gasteiger partial charge on any atom is -0.321 e. The van der Waals surface area contributed by atoms with Crippen molar-refractivity contribution in [2.45, 2.75) is 26.3 Å². The topological polar surface area (TPSA) is 64.0 Å². The molecular weight excluding hydrogens is 374 g/mol. The van der Waals surface area contributed by atoms with Gasteiger partial charge in [0, 0.05) is 11.1 Å². The molecule has 0 fully saturated rings. The van der Waals surface area contributed by atoms with Crippen LogP contribution in [0.4, 0.5) is 5.69 Å². The van der Waals surface area contributed by atoms with Gasteiger partial charge in [-0.05, 0) is 35.2 Å². The molecule has 5 nitrogen and oxygen atoms in total. The summed E-state index contributed by atoms with van der Waals surface area (Å²) in [5, 5.41) is 8.36. The SMILES string of the molecule is CC(C)c1ccc(NC(=O)c2nn(Cc3ccccc3)c(=O)c3ccccc23)cc1. The third kappa shape index (κ3) is 4.01. The first-order valence-corrected chi connectivity index (χ1v) is 9.98. The minimum absolute atomic E-state index is 0.215. The van der Waals surface area contributed by atoms with Crippen LogP contribution in [0.3, 0.4) is 0 Å². The van der Waals surface area contributed by atoms with Gasteiger partial charge in [0.1, 0.15) is 0 Å². The van der Waals surface area contributed by atoms with E-state index in [-0.39, 0.29) is 17.2 Å². The molecule has 0 atom stereocenters. The summed E-state index contributed by atoms with van der Waals surface area (Å²) in [6.45, 7) is 4.55. The highest BCUT2D eigenvalue weighted by molar-refractivity contribution is 6.11. The van der Waals surface area contributed by atoms with E-state index in [9.17, 15) is 9.59 Å². The Morgan fingerprint density at radius 2 is 1.53 bits per heavy atom. The minimum atomic E-state index is -0.342. The highest BCUT2D eigenvalue weighted by Crippen LogP contribution is 2.19. The average Bonchev–Trinajstić information content (AvgIpc) is 2.77. The van der Waals surface area contributed by atoms with Gasteiger partial charge in [-0.15, -0.1) is 0 Å². The molecule has 1 heterocycles. The monoisotopic (exact) mass is 397 g/mol. The van der Waals surface area contributed by atoms with Gasteiger partial charge in [-0.2, -0.15) is 5.10 Å². The number of amides is 1. The average molecular weight is 397 g/mol. The molecule has 150 valence electrons. The molecule has 3 aromatic carbocycles. The van der Waals surface area contributed by atoms with Crippen LogP contribution < -0.4 is 10.9 Å². The van der Waals surface area contributed by atoms with Crippen molar-refractivity contribution in [2.75, 3.05) is 5.32 Å². The van der Waals surface area contributed by atoms with Gasteiger partial charge in [-0.1, -0.05) is 74.5 Å². The molecule has 0 aliphatic carbocycles. The first-order valence-electron chi connectivity index (χ1n) is 9.98. The number of benzene rings is 3. The maximum Gasteiger partial charge on any atom is 0.276 e. The molecule has 0 aliphatic rings. The number of hydrogen-bond acceptors (Lipinski definition) is 3. The van der Waals surface area contributed by atoms with Crippen molar-refractivity contribution in [3.63, 3.8) is 0 Å². The van der Waals surface area contributed by atoms with Crippen LogP contribution in [0.2, 0.25) is 0 Å². The number of hydrogen-bond donors (Lipinski definition) is 1. The van der Waals surface area contributed by atoms with E-state index in [1.54, 1.807) is 24.3 Å². The first kappa shape index (κ1) is 19.6. The Hall–Kier alpha value is -3.73. The lowest BCUT2D eigenvalue weighted by Gasteiger charge is -2.12. The Morgan fingerprint density at radius 1 is 0.900 bits per heavy atom. The van der Waals surface area contributed by atoms with E-state index in [2.05, 4.69) is 24.3 Å². The maximum absolute atomic E-state index is 13.1. The van der Waals surface area contributed by atoms with E-state index < -0.39 is 0 Å². The zero-order chi connectivity index (χ0) is 21.1. The highest BCUT2D eigenvalue weighted by Gasteiger charge is 2.17. The lowest BCUT2D eigenvalue weighted by atomic mass is 10.0. The highest BCUT2D eigenvalue weighted by atomic mass is 16.2. The molecule has 0 radical (unpaired) electrons. The van der Waals surface area contributed by atoms with E-state index in [1.165, 1.54) is 10.2 Å². The van der Waals surface area contributed by atoms with Crippen LogP contribution in [-0.2, 0) is 6.54 Å². The summed E-state index contributed by atoms with van der Waals surface area (Å²) >= 11 is 0. The lowest BCUT2D eigenvalue weighted by Crippen LogP contribution is -2.28. The molecule has 4 rings (SSSR count). The van der Waals surface area contributed by atoms with Crippen molar-refractivity contribution >= 4 is 22.4 Å². The second-order valence-electron chi connectivity index (χ2n) is 7.57. The fourth-order valence-corrected chi connectivity index (χ4v) is 3.41. The van der Waals surface area contributed by atoms with Crippen molar-refractivity contribution in [3.05, 3.63) is 106 Å². The Bertz CT molecular complexity index is 1240. The smallest absolute Gasteiger partial charge is 0.276 e. The normalized spacial score (nSPS) is 11.0. The van der Waals surface area contributed by atoms with Gasteiger partial charge in [0.2, 0.25) is 0 Å². The fourth-order valence-electron chi connectivity index (χ4n) is 3.41. The Labute approximate surface area is 175 Å². The van der Waals surface area contributed by atoms with Crippen LogP contribution in [0.1, 0.15) is 41.4 Å². The number of carbonyl (C=O) groups is 1. The predicted molar refractivity (Wildman–Crippen MR) is 120 cm³/mol. The van der Waals surface area contributed by atoms with Gasteiger partial charge in [0.05, 0.1) is 11.9 Å². The molecule has 4 aromatic rings. The van der Waals surface area contributed by atoms with E-state index in [0.29, 0.717) is 28.9 Å². The van der Waals surface area contributed by atoms with Gasteiger partial charge in [0.15, 0.2) is 5.69 Å². The van der Waals surface area contributed by atoms with Crippen LogP contribution in [-0.4, -0.2) is 15.7 Å². The summed E-state index contributed by atoms with van der Waals surface area (Å²) in [6, 6.07) is 24.5. The van der Waals surface area contributed by atoms with Gasteiger partial charge in [-0.25, -0.2) is 4.68 Å². The predicted octanol–water partition coefficient (Wildman–Crippen LogP) is 4.82. The van der Waals surface area contributed by atoms with Crippen LogP contribution in [0, 0.1) is 0 Å². The number of fused-ring (bicyclic) bond motifs is 1. The Kier molecular flexibility index (Phi) is 5.44. The molecule has 30 heavy (non-hydrogen) atoms. The number of nitrogens with zero attached hydrogens (tertiary/aromatic N) is 2. The Morgan fingerprint density at radius 3 is 2.20 bits per heavy atom. The molecule has 0 aliphatic heterocycles. The molecule has 5 heteroatoms. The number of aromatic nitrogens is 2. The van der Waals surface area contributed by atoms with Gasteiger partial charge >= 0.3 is 0 Å². The second-order valence-corrected chi connectivity index (χ2v) is 7.57. The van der Waals surface area contributed by atoms with Crippen molar-refractivity contribution in [2.24, 2.45) is 0 Å². The lowest BCUT2D eigenvalue weighted by molar-refractivity contribution is 0.102. The molecule has 1 amide bonds. The number of nitrogens with one attached hydrogen (secondary N) is 1. The second kappa shape index (κ2) is 8.33. The molecule has 0 unspecified atom stereocenters. The zero-order valence-electron chi connectivity index (χ0n) is 17.0. The van der Waals surface area contributed by atoms with Crippen LogP contribution >= 0.6 is 0 Å². The van der Waals surface area contributed by atoms with Crippen molar-refractivity contribution < 1.29 is 4.79 Å². The largest absolute Gasteiger partial charge is 0.321 e. The molecule has 0 saturated heterocycles. The maximum atomic E-state index is 13.1. The summed E-state index contributed by atoms with van der Waals surface area (Å²) in [6.07, 6.45) is 0. The summed E-state index contributed by atoms with van der Waals surface area (Å²) < 4.78 is 1.36. The third-order valence-electron chi connectivity index (χ3n) is 5.09. The Balaban J connectivity index is 1.72. The van der Waals surface area contributed by atoms with E-state index in [0.717, 1.165) is 5.56 Å². The van der Waals surface area contributed by atoms with Gasteiger partial charge < -0.3 is 5.32 Å². The number of anilines is 1. The van der Waals surface area contributed by atoms with Crippen LogP contribution in [0.25, 0.3) is 10.8 Å². The molecule has 0 saturated carbocycles. The van der Waals surface area contributed by atoms with E-state index in [1.807, 2.05) is 54.6 Å². The standard InChI is InChI=1S/C25H23N3O2/c1-17(2)19-12-14-20(15-13-19)26-24(29)23-21-10-6-7-11-22(21)25(30)28(27-23)16-18-8-4-3-5-9-18/h3-15,17H,16H2,1-2H3,(H,26,29). The third-order valence-corrected chi connectivity index (χ3v) is 5.09. The van der Waals surface area contributed by atoms with Crippen molar-refractivity contribution in [1.82, 2.24) is 9.78 Å². The van der Waals surface area contributed by atoms with E-state index >= 15 is 0 Å². The molecule has 1 N–H and O–H groups in total. The van der Waals surface area contributed by atoms with Crippen LogP contribution in [0.15, 0.2) is 83.7 Å². The first-order chi connectivity index (χ1) is 14.5. The number of carbonyl (C=O) groups excluding carboxylic acids is 1. The van der Waals surface area contributed by atoms with Gasteiger partial charge in [0.25, 0.3) is 11.5 Å². The summed E-state index contributed by atoms with van der Waals surface area (Å²) in [4.78, 5) is 26.0.